The van der Waals surface area contributed by atoms with Gasteiger partial charge in [0.15, 0.2) is 5.96 Å². The summed E-state index contributed by atoms with van der Waals surface area (Å²) in [6.45, 7) is 4.72. The molecule has 1 atom stereocenters. The van der Waals surface area contributed by atoms with Crippen LogP contribution in [0.1, 0.15) is 25.8 Å². The fraction of sp³-hybridized carbons (Fsp3) is 0.500. The first-order valence-electron chi connectivity index (χ1n) is 6.47. The molecule has 0 radical (unpaired) electrons. The van der Waals surface area contributed by atoms with Gasteiger partial charge in [0, 0.05) is 25.7 Å². The molecule has 2 N–H and O–H groups in total. The van der Waals surface area contributed by atoms with Gasteiger partial charge >= 0.3 is 0 Å². The molecular formula is C14H22F2IN3. The van der Waals surface area contributed by atoms with Crippen molar-refractivity contribution in [3.63, 3.8) is 0 Å². The van der Waals surface area contributed by atoms with Gasteiger partial charge in [-0.1, -0.05) is 6.92 Å². The summed E-state index contributed by atoms with van der Waals surface area (Å²) < 4.78 is 26.0. The van der Waals surface area contributed by atoms with Crippen molar-refractivity contribution in [2.24, 2.45) is 4.99 Å². The maximum Gasteiger partial charge on any atom is 0.191 e. The monoisotopic (exact) mass is 397 g/mol. The van der Waals surface area contributed by atoms with Gasteiger partial charge in [0.2, 0.25) is 0 Å². The van der Waals surface area contributed by atoms with Gasteiger partial charge in [0.05, 0.1) is 0 Å². The molecule has 1 unspecified atom stereocenters. The summed E-state index contributed by atoms with van der Waals surface area (Å²) in [7, 11) is 1.69. The van der Waals surface area contributed by atoms with Crippen LogP contribution in [0, 0.1) is 11.6 Å². The number of aliphatic imine (C=N–C) groups is 1. The molecule has 1 aromatic rings. The van der Waals surface area contributed by atoms with Gasteiger partial charge in [0.25, 0.3) is 0 Å². The van der Waals surface area contributed by atoms with Crippen LogP contribution >= 0.6 is 24.0 Å². The Kier molecular flexibility index (Phi) is 9.45. The molecule has 0 fully saturated rings. The number of hydrogen-bond acceptors (Lipinski definition) is 1. The Bertz CT molecular complexity index is 418. The maximum atomic E-state index is 13.0. The average molecular weight is 397 g/mol. The maximum absolute atomic E-state index is 13.0. The van der Waals surface area contributed by atoms with Crippen LogP contribution in [0.3, 0.4) is 0 Å². The highest BCUT2D eigenvalue weighted by atomic mass is 127. The van der Waals surface area contributed by atoms with E-state index in [4.69, 9.17) is 0 Å². The zero-order valence-corrected chi connectivity index (χ0v) is 14.4. The van der Waals surface area contributed by atoms with Crippen molar-refractivity contribution in [2.45, 2.75) is 32.7 Å². The summed E-state index contributed by atoms with van der Waals surface area (Å²) in [6, 6.07) is 3.89. The fourth-order valence-corrected chi connectivity index (χ4v) is 1.61. The molecule has 0 aliphatic rings. The number of nitrogens with zero attached hydrogens (tertiary/aromatic N) is 1. The normalized spacial score (nSPS) is 12.6. The molecule has 1 aromatic carbocycles. The molecule has 0 spiro atoms. The topological polar surface area (TPSA) is 36.4 Å². The van der Waals surface area contributed by atoms with Crippen LogP contribution in [-0.4, -0.2) is 25.6 Å². The molecule has 0 saturated heterocycles. The Balaban J connectivity index is 0.00000361. The average Bonchev–Trinajstić information content (AvgIpc) is 2.36. The summed E-state index contributed by atoms with van der Waals surface area (Å²) in [5.41, 5.74) is 0.629. The molecule has 0 bridgehead atoms. The predicted octanol–water partition coefficient (Wildman–Crippen LogP) is 3.09. The van der Waals surface area contributed by atoms with Crippen LogP contribution < -0.4 is 10.6 Å². The van der Waals surface area contributed by atoms with Crippen LogP contribution in [0.15, 0.2) is 23.2 Å². The van der Waals surface area contributed by atoms with Gasteiger partial charge in [-0.05, 0) is 37.5 Å². The number of nitrogens with one attached hydrogen (secondary N) is 2. The van der Waals surface area contributed by atoms with Crippen LogP contribution in [0.5, 0.6) is 0 Å². The van der Waals surface area contributed by atoms with Gasteiger partial charge in [-0.3, -0.25) is 4.99 Å². The van der Waals surface area contributed by atoms with E-state index < -0.39 is 11.6 Å². The molecule has 114 valence electrons. The van der Waals surface area contributed by atoms with E-state index in [-0.39, 0.29) is 24.0 Å². The number of hydrogen-bond donors (Lipinski definition) is 2. The third-order valence-electron chi connectivity index (χ3n) is 2.85. The Morgan fingerprint density at radius 2 is 1.85 bits per heavy atom. The Morgan fingerprint density at radius 3 is 2.35 bits per heavy atom. The minimum atomic E-state index is -0.544. The third-order valence-corrected chi connectivity index (χ3v) is 2.85. The fourth-order valence-electron chi connectivity index (χ4n) is 1.61. The van der Waals surface area contributed by atoms with Crippen LogP contribution in [0.4, 0.5) is 8.78 Å². The van der Waals surface area contributed by atoms with E-state index in [1.54, 1.807) is 7.05 Å². The van der Waals surface area contributed by atoms with Crippen molar-refractivity contribution >= 4 is 29.9 Å². The van der Waals surface area contributed by atoms with Crippen molar-refractivity contribution in [1.82, 2.24) is 10.6 Å². The van der Waals surface area contributed by atoms with Gasteiger partial charge in [-0.15, -0.1) is 24.0 Å². The first kappa shape index (κ1) is 19.1. The molecule has 0 saturated carbocycles. The third kappa shape index (κ3) is 7.02. The highest BCUT2D eigenvalue weighted by molar-refractivity contribution is 14.0. The second-order valence-electron chi connectivity index (χ2n) is 4.48. The molecule has 1 rings (SSSR count). The molecule has 0 amide bonds. The largest absolute Gasteiger partial charge is 0.356 e. The smallest absolute Gasteiger partial charge is 0.191 e. The van der Waals surface area contributed by atoms with E-state index in [1.807, 2.05) is 0 Å². The van der Waals surface area contributed by atoms with Crippen molar-refractivity contribution < 1.29 is 8.78 Å². The van der Waals surface area contributed by atoms with Crippen LogP contribution in [-0.2, 0) is 6.42 Å². The lowest BCUT2D eigenvalue weighted by Crippen LogP contribution is -2.42. The molecule has 3 nitrogen and oxygen atoms in total. The van der Waals surface area contributed by atoms with Crippen molar-refractivity contribution in [2.75, 3.05) is 13.6 Å². The van der Waals surface area contributed by atoms with E-state index in [0.29, 0.717) is 30.5 Å². The summed E-state index contributed by atoms with van der Waals surface area (Å²) in [6.07, 6.45) is 1.53. The predicted molar refractivity (Wildman–Crippen MR) is 89.7 cm³/mol. The van der Waals surface area contributed by atoms with Gasteiger partial charge in [0.1, 0.15) is 11.6 Å². The van der Waals surface area contributed by atoms with E-state index in [9.17, 15) is 8.78 Å². The number of guanidine groups is 1. The lowest BCUT2D eigenvalue weighted by Gasteiger charge is -2.16. The lowest BCUT2D eigenvalue weighted by molar-refractivity contribution is 0.579. The molecular weight excluding hydrogens is 375 g/mol. The number of rotatable bonds is 5. The summed E-state index contributed by atoms with van der Waals surface area (Å²) in [5.74, 6) is -0.388. The van der Waals surface area contributed by atoms with Crippen molar-refractivity contribution in [3.8, 4) is 0 Å². The van der Waals surface area contributed by atoms with Crippen LogP contribution in [0.2, 0.25) is 0 Å². The molecule has 0 aliphatic heterocycles. The second-order valence-corrected chi connectivity index (χ2v) is 4.48. The summed E-state index contributed by atoms with van der Waals surface area (Å²) >= 11 is 0. The minimum absolute atomic E-state index is 0. The van der Waals surface area contributed by atoms with Crippen molar-refractivity contribution in [1.29, 1.82) is 0 Å². The molecule has 0 aromatic heterocycles. The van der Waals surface area contributed by atoms with Gasteiger partial charge in [-0.2, -0.15) is 0 Å². The van der Waals surface area contributed by atoms with E-state index >= 15 is 0 Å². The standard InChI is InChI=1S/C14H21F2N3.HI/c1-4-10(2)19-14(17-3)18-6-5-11-7-12(15)9-13(16)8-11;/h7-10H,4-6H2,1-3H3,(H2,17,18,19);1H. The SMILES string of the molecule is CCC(C)NC(=NC)NCCc1cc(F)cc(F)c1.I. The first-order chi connectivity index (χ1) is 9.05. The van der Waals surface area contributed by atoms with E-state index in [2.05, 4.69) is 29.5 Å². The highest BCUT2D eigenvalue weighted by Gasteiger charge is 2.03. The molecule has 6 heteroatoms. The Labute approximate surface area is 136 Å². The molecule has 0 heterocycles. The zero-order valence-electron chi connectivity index (χ0n) is 12.0. The first-order valence-corrected chi connectivity index (χ1v) is 6.47. The second kappa shape index (κ2) is 9.90. The summed E-state index contributed by atoms with van der Waals surface area (Å²) in [4.78, 5) is 4.09. The molecule has 0 aliphatic carbocycles. The van der Waals surface area contributed by atoms with Crippen molar-refractivity contribution in [3.05, 3.63) is 35.4 Å². The lowest BCUT2D eigenvalue weighted by atomic mass is 10.1. The van der Waals surface area contributed by atoms with E-state index in [1.165, 1.54) is 12.1 Å². The van der Waals surface area contributed by atoms with E-state index in [0.717, 1.165) is 12.5 Å². The Hall–Kier alpha value is -0.920. The highest BCUT2D eigenvalue weighted by Crippen LogP contribution is 2.08. The molecule has 20 heavy (non-hydrogen) atoms. The summed E-state index contributed by atoms with van der Waals surface area (Å²) in [5, 5.41) is 6.33. The zero-order chi connectivity index (χ0) is 14.3. The van der Waals surface area contributed by atoms with Crippen LogP contribution in [0.25, 0.3) is 0 Å². The van der Waals surface area contributed by atoms with Gasteiger partial charge in [-0.25, -0.2) is 8.78 Å². The quantitative estimate of drug-likeness (QED) is 0.455. The Morgan fingerprint density at radius 1 is 1.25 bits per heavy atom. The number of halogens is 3. The number of benzene rings is 1. The van der Waals surface area contributed by atoms with Gasteiger partial charge < -0.3 is 10.6 Å². The minimum Gasteiger partial charge on any atom is -0.356 e.